The van der Waals surface area contributed by atoms with E-state index in [0.717, 1.165) is 31.2 Å². The lowest BCUT2D eigenvalue weighted by molar-refractivity contribution is -0.121. The van der Waals surface area contributed by atoms with Crippen LogP contribution in [-0.4, -0.2) is 30.9 Å². The van der Waals surface area contributed by atoms with Gasteiger partial charge in [-0.05, 0) is 55.5 Å². The van der Waals surface area contributed by atoms with E-state index in [1.165, 1.54) is 6.26 Å². The van der Waals surface area contributed by atoms with Crippen molar-refractivity contribution in [2.45, 2.75) is 37.1 Å². The summed E-state index contributed by atoms with van der Waals surface area (Å²) in [6.45, 7) is 0.472. The first-order valence-electron chi connectivity index (χ1n) is 9.09. The van der Waals surface area contributed by atoms with Crippen LogP contribution in [0.5, 0.6) is 0 Å². The van der Waals surface area contributed by atoms with Crippen molar-refractivity contribution in [3.8, 4) is 0 Å². The van der Waals surface area contributed by atoms with Crippen molar-refractivity contribution in [3.63, 3.8) is 0 Å². The minimum absolute atomic E-state index is 0.0770. The number of furan rings is 1. The molecule has 3 rings (SSSR count). The first-order valence-corrected chi connectivity index (χ1v) is 9.47. The molecule has 1 aromatic carbocycles. The van der Waals surface area contributed by atoms with Crippen molar-refractivity contribution in [2.75, 3.05) is 13.1 Å². The molecule has 144 valence electrons. The standard InChI is InChI=1S/C20H24ClN3O3/c21-15-4-1-3-14(11-15)20(13-22)8-6-16(7-9-20)24-18(25)12-23-19(26)17-5-2-10-27-17/h1-5,10-11,16H,6-9,12-13,22H2,(H,23,26)(H,24,25)/t16-,20-. The van der Waals surface area contributed by atoms with Crippen molar-refractivity contribution in [2.24, 2.45) is 5.73 Å². The van der Waals surface area contributed by atoms with Gasteiger partial charge < -0.3 is 20.8 Å². The highest BCUT2D eigenvalue weighted by Crippen LogP contribution is 2.39. The molecule has 27 heavy (non-hydrogen) atoms. The molecule has 1 heterocycles. The third-order valence-electron chi connectivity index (χ3n) is 5.29. The lowest BCUT2D eigenvalue weighted by Crippen LogP contribution is -2.47. The molecule has 0 unspecified atom stereocenters. The van der Waals surface area contributed by atoms with Gasteiger partial charge in [-0.2, -0.15) is 0 Å². The average Bonchev–Trinajstić information content (AvgIpc) is 3.22. The summed E-state index contributed by atoms with van der Waals surface area (Å²) in [5.74, 6) is -0.417. The van der Waals surface area contributed by atoms with Gasteiger partial charge in [0.1, 0.15) is 0 Å². The maximum atomic E-state index is 12.1. The fourth-order valence-corrected chi connectivity index (χ4v) is 3.87. The maximum absolute atomic E-state index is 12.1. The van der Waals surface area contributed by atoms with Crippen LogP contribution in [0.15, 0.2) is 47.1 Å². The number of carbonyl (C=O) groups excluding carboxylic acids is 2. The summed E-state index contributed by atoms with van der Waals surface area (Å²) in [4.78, 5) is 23.9. The number of nitrogens with one attached hydrogen (secondary N) is 2. The molecule has 2 amide bonds. The van der Waals surface area contributed by atoms with E-state index < -0.39 is 5.91 Å². The number of hydrogen-bond donors (Lipinski definition) is 3. The van der Waals surface area contributed by atoms with Gasteiger partial charge in [-0.15, -0.1) is 0 Å². The van der Waals surface area contributed by atoms with E-state index >= 15 is 0 Å². The molecule has 1 aliphatic rings. The van der Waals surface area contributed by atoms with Crippen LogP contribution >= 0.6 is 11.6 Å². The Hall–Kier alpha value is -2.31. The molecule has 0 saturated heterocycles. The van der Waals surface area contributed by atoms with Gasteiger partial charge in [-0.3, -0.25) is 9.59 Å². The van der Waals surface area contributed by atoms with Crippen LogP contribution in [0.3, 0.4) is 0 Å². The molecule has 1 aliphatic carbocycles. The lowest BCUT2D eigenvalue weighted by atomic mass is 9.68. The largest absolute Gasteiger partial charge is 0.459 e. The second-order valence-corrected chi connectivity index (χ2v) is 7.43. The summed E-state index contributed by atoms with van der Waals surface area (Å²) in [6, 6.07) is 11.1. The smallest absolute Gasteiger partial charge is 0.287 e. The summed E-state index contributed by atoms with van der Waals surface area (Å²) in [5.41, 5.74) is 7.17. The van der Waals surface area contributed by atoms with Crippen molar-refractivity contribution in [1.29, 1.82) is 0 Å². The van der Waals surface area contributed by atoms with Gasteiger partial charge in [0.2, 0.25) is 5.91 Å². The van der Waals surface area contributed by atoms with Gasteiger partial charge in [0.05, 0.1) is 12.8 Å². The van der Waals surface area contributed by atoms with Crippen molar-refractivity contribution >= 4 is 23.4 Å². The zero-order chi connectivity index (χ0) is 19.3. The molecule has 0 aliphatic heterocycles. The topological polar surface area (TPSA) is 97.4 Å². The second-order valence-electron chi connectivity index (χ2n) is 7.00. The number of halogens is 1. The van der Waals surface area contributed by atoms with Crippen LogP contribution in [0.1, 0.15) is 41.8 Å². The van der Waals surface area contributed by atoms with E-state index in [4.69, 9.17) is 21.8 Å². The molecule has 0 bridgehead atoms. The van der Waals surface area contributed by atoms with Crippen molar-refractivity contribution < 1.29 is 14.0 Å². The Labute approximate surface area is 163 Å². The first-order chi connectivity index (χ1) is 13.0. The van der Waals surface area contributed by atoms with E-state index in [-0.39, 0.29) is 29.7 Å². The zero-order valence-electron chi connectivity index (χ0n) is 15.0. The first kappa shape index (κ1) is 19.5. The zero-order valence-corrected chi connectivity index (χ0v) is 15.8. The van der Waals surface area contributed by atoms with E-state index in [2.05, 4.69) is 16.7 Å². The summed E-state index contributed by atoms with van der Waals surface area (Å²) in [6.07, 6.45) is 4.85. The van der Waals surface area contributed by atoms with Crippen LogP contribution in [0.4, 0.5) is 0 Å². The highest BCUT2D eigenvalue weighted by atomic mass is 35.5. The number of carbonyl (C=O) groups is 2. The third-order valence-corrected chi connectivity index (χ3v) is 5.53. The van der Waals surface area contributed by atoms with E-state index in [1.54, 1.807) is 12.1 Å². The number of benzene rings is 1. The molecule has 1 aromatic heterocycles. The van der Waals surface area contributed by atoms with Crippen LogP contribution in [0.2, 0.25) is 5.02 Å². The molecule has 1 fully saturated rings. The average molecular weight is 390 g/mol. The normalized spacial score (nSPS) is 22.2. The summed E-state index contributed by atoms with van der Waals surface area (Å²) >= 11 is 6.14. The fourth-order valence-electron chi connectivity index (χ4n) is 3.68. The Balaban J connectivity index is 1.50. The SMILES string of the molecule is NC[C@]1(c2cccc(Cl)c2)CC[C@H](NC(=O)CNC(=O)c2ccco2)CC1. The molecule has 7 heteroatoms. The second kappa shape index (κ2) is 8.59. The van der Waals surface area contributed by atoms with Crippen molar-refractivity contribution in [3.05, 3.63) is 59.0 Å². The molecule has 0 atom stereocenters. The molecule has 6 nitrogen and oxygen atoms in total. The highest BCUT2D eigenvalue weighted by molar-refractivity contribution is 6.30. The third kappa shape index (κ3) is 4.70. The molecule has 0 radical (unpaired) electrons. The van der Waals surface area contributed by atoms with Gasteiger partial charge >= 0.3 is 0 Å². The van der Waals surface area contributed by atoms with Crippen molar-refractivity contribution in [1.82, 2.24) is 10.6 Å². The minimum Gasteiger partial charge on any atom is -0.459 e. The predicted molar refractivity (Wildman–Crippen MR) is 104 cm³/mol. The Kier molecular flexibility index (Phi) is 6.19. The summed E-state index contributed by atoms with van der Waals surface area (Å²) in [5, 5.41) is 6.26. The quantitative estimate of drug-likeness (QED) is 0.707. The van der Waals surface area contributed by atoms with Gasteiger partial charge in [0, 0.05) is 23.0 Å². The number of amides is 2. The molecule has 4 N–H and O–H groups in total. The number of rotatable bonds is 6. The maximum Gasteiger partial charge on any atom is 0.287 e. The molecule has 0 spiro atoms. The molecular formula is C20H24ClN3O3. The number of hydrogen-bond acceptors (Lipinski definition) is 4. The van der Waals surface area contributed by atoms with Crippen LogP contribution in [0.25, 0.3) is 0 Å². The van der Waals surface area contributed by atoms with Crippen LogP contribution < -0.4 is 16.4 Å². The van der Waals surface area contributed by atoms with E-state index in [0.29, 0.717) is 11.6 Å². The van der Waals surface area contributed by atoms with Gasteiger partial charge in [-0.25, -0.2) is 0 Å². The van der Waals surface area contributed by atoms with Gasteiger partial charge in [0.15, 0.2) is 5.76 Å². The Morgan fingerprint density at radius 2 is 2.00 bits per heavy atom. The fraction of sp³-hybridized carbons (Fsp3) is 0.400. The predicted octanol–water partition coefficient (Wildman–Crippen LogP) is 2.62. The molecular weight excluding hydrogens is 366 g/mol. The van der Waals surface area contributed by atoms with Gasteiger partial charge in [0.25, 0.3) is 5.91 Å². The highest BCUT2D eigenvalue weighted by Gasteiger charge is 2.36. The lowest BCUT2D eigenvalue weighted by Gasteiger charge is -2.40. The Morgan fingerprint density at radius 3 is 2.63 bits per heavy atom. The Morgan fingerprint density at radius 1 is 1.22 bits per heavy atom. The minimum atomic E-state index is -0.401. The van der Waals surface area contributed by atoms with Gasteiger partial charge in [-0.1, -0.05) is 23.7 Å². The summed E-state index contributed by atoms with van der Waals surface area (Å²) in [7, 11) is 0. The van der Waals surface area contributed by atoms with E-state index in [9.17, 15) is 9.59 Å². The van der Waals surface area contributed by atoms with Crippen LogP contribution in [-0.2, 0) is 10.2 Å². The van der Waals surface area contributed by atoms with Crippen LogP contribution in [0, 0.1) is 0 Å². The Bertz CT molecular complexity index is 784. The molecule has 2 aromatic rings. The monoisotopic (exact) mass is 389 g/mol. The number of nitrogens with two attached hydrogens (primary N) is 1. The summed E-state index contributed by atoms with van der Waals surface area (Å²) < 4.78 is 5.00. The van der Waals surface area contributed by atoms with E-state index in [1.807, 2.05) is 18.2 Å². The molecule has 1 saturated carbocycles.